The highest BCUT2D eigenvalue weighted by molar-refractivity contribution is 7.99. The third-order valence-corrected chi connectivity index (χ3v) is 10.5. The van der Waals surface area contributed by atoms with Crippen LogP contribution in [0.3, 0.4) is 0 Å². The molecule has 0 aromatic heterocycles. The summed E-state index contributed by atoms with van der Waals surface area (Å²) in [6, 6.07) is 9.21. The molecular weight excluding hydrogens is 579 g/mol. The quantitative estimate of drug-likeness (QED) is 0.0403. The molecule has 1 aromatic rings. The largest absolute Gasteiger partial charge is 0.589 e. The Morgan fingerprint density at radius 1 is 0.814 bits per heavy atom. The predicted octanol–water partition coefficient (Wildman–Crippen LogP) is 10.7. The predicted molar refractivity (Wildman–Crippen MR) is 182 cm³/mol. The maximum absolute atomic E-state index is 13.1. The highest BCUT2D eigenvalue weighted by Crippen LogP contribution is 2.43. The van der Waals surface area contributed by atoms with Crippen LogP contribution >= 0.6 is 19.8 Å². The molecule has 0 aliphatic heterocycles. The summed E-state index contributed by atoms with van der Waals surface area (Å²) in [5, 5.41) is 11.4. The van der Waals surface area contributed by atoms with Crippen molar-refractivity contribution < 1.29 is 28.5 Å². The first-order valence-electron chi connectivity index (χ1n) is 17.2. The Labute approximate surface area is 268 Å². The van der Waals surface area contributed by atoms with Crippen LogP contribution in [0, 0.1) is 0 Å². The maximum Gasteiger partial charge on any atom is 0.589 e. The summed E-state index contributed by atoms with van der Waals surface area (Å²) in [7, 11) is -2.86. The Balaban J connectivity index is 2.70. The number of hydrogen-bond acceptors (Lipinski definition) is 7. The van der Waals surface area contributed by atoms with Crippen LogP contribution in [0.2, 0.25) is 0 Å². The third kappa shape index (κ3) is 18.6. The lowest BCUT2D eigenvalue weighted by Gasteiger charge is -2.27. The number of rotatable bonds is 29. The van der Waals surface area contributed by atoms with E-state index in [1.165, 1.54) is 83.5 Å². The number of carbonyl (C=O) groups excluding carboxylic acids is 1. The molecule has 0 radical (unpaired) electrons. The molecule has 0 spiro atoms. The number of esters is 1. The molecule has 0 aliphatic rings. The Kier molecular flexibility index (Phi) is 24.5. The average molecular weight is 642 g/mol. The van der Waals surface area contributed by atoms with Crippen LogP contribution in [0.4, 0.5) is 0 Å². The van der Waals surface area contributed by atoms with Crippen LogP contribution in [-0.4, -0.2) is 40.3 Å². The van der Waals surface area contributed by atoms with E-state index in [4.69, 9.17) is 14.0 Å². The number of benzene rings is 1. The van der Waals surface area contributed by atoms with Gasteiger partial charge in [-0.1, -0.05) is 147 Å². The SMILES string of the molecule is CCCCCCCCCCCCCSC(CCCCCCC)C(C)OC(O)(C(=O)OCc1ccccc1)[P+](=O)OCCC. The van der Waals surface area contributed by atoms with Gasteiger partial charge in [-0.25, -0.2) is 4.79 Å². The summed E-state index contributed by atoms with van der Waals surface area (Å²) in [4.78, 5) is 13.1. The summed E-state index contributed by atoms with van der Waals surface area (Å²) < 4.78 is 29.8. The molecule has 0 bridgehead atoms. The molecular formula is C35H62O6PS+. The van der Waals surface area contributed by atoms with Crippen molar-refractivity contribution in [2.45, 2.75) is 167 Å². The number of ether oxygens (including phenoxy) is 2. The van der Waals surface area contributed by atoms with E-state index in [0.29, 0.717) is 6.42 Å². The molecule has 0 saturated heterocycles. The summed E-state index contributed by atoms with van der Waals surface area (Å²) in [5.74, 6) is -0.0721. The lowest BCUT2D eigenvalue weighted by molar-refractivity contribution is -0.210. The molecule has 248 valence electrons. The van der Waals surface area contributed by atoms with Crippen LogP contribution in [0.15, 0.2) is 30.3 Å². The highest BCUT2D eigenvalue weighted by Gasteiger charge is 2.62. The molecule has 1 rings (SSSR count). The number of unbranched alkanes of at least 4 members (excludes halogenated alkanes) is 14. The van der Waals surface area contributed by atoms with Gasteiger partial charge in [-0.05, 0) is 42.1 Å². The van der Waals surface area contributed by atoms with E-state index in [-0.39, 0.29) is 18.5 Å². The van der Waals surface area contributed by atoms with E-state index in [0.717, 1.165) is 37.0 Å². The van der Waals surface area contributed by atoms with Crippen molar-refractivity contribution in [2.24, 2.45) is 0 Å². The van der Waals surface area contributed by atoms with E-state index in [2.05, 4.69) is 13.8 Å². The van der Waals surface area contributed by atoms with Crippen LogP contribution in [0.1, 0.15) is 149 Å². The molecule has 1 N–H and O–H groups in total. The average Bonchev–Trinajstić information content (AvgIpc) is 3.02. The van der Waals surface area contributed by atoms with Crippen molar-refractivity contribution in [1.82, 2.24) is 0 Å². The van der Waals surface area contributed by atoms with Crippen LogP contribution in [-0.2, 0) is 30.0 Å². The molecule has 43 heavy (non-hydrogen) atoms. The lowest BCUT2D eigenvalue weighted by Crippen LogP contribution is -2.44. The smallest absolute Gasteiger partial charge is 0.453 e. The maximum atomic E-state index is 13.1. The van der Waals surface area contributed by atoms with Crippen LogP contribution in [0.25, 0.3) is 0 Å². The second-order valence-corrected chi connectivity index (χ2v) is 14.5. The lowest BCUT2D eigenvalue weighted by atomic mass is 10.1. The van der Waals surface area contributed by atoms with Gasteiger partial charge in [-0.2, -0.15) is 11.8 Å². The Morgan fingerprint density at radius 3 is 1.91 bits per heavy atom. The first-order chi connectivity index (χ1) is 20.9. The minimum atomic E-state index is -2.86. The molecule has 8 heteroatoms. The number of hydrogen-bond donors (Lipinski definition) is 1. The van der Waals surface area contributed by atoms with Gasteiger partial charge in [-0.3, -0.25) is 4.74 Å². The molecule has 0 saturated carbocycles. The topological polar surface area (TPSA) is 82.1 Å². The summed E-state index contributed by atoms with van der Waals surface area (Å²) >= 11 is 1.84. The van der Waals surface area contributed by atoms with Crippen molar-refractivity contribution in [3.63, 3.8) is 0 Å². The van der Waals surface area contributed by atoms with Gasteiger partial charge in [0, 0.05) is 5.25 Å². The van der Waals surface area contributed by atoms with E-state index in [1.807, 2.05) is 55.9 Å². The number of aliphatic hydroxyl groups is 1. The standard InChI is InChI=1S/C35H62O6PS/c1-5-8-10-12-13-14-15-16-17-19-24-29-43-33(27-23-18-11-9-6-2)31(4)41-35(37,42(38)40-28-7-3)34(36)39-30-32-25-21-20-22-26-32/h20-22,25-26,31,33,37H,5-19,23-24,27-30H2,1-4H3/q+1. The van der Waals surface area contributed by atoms with Gasteiger partial charge in [0.25, 0.3) is 0 Å². The molecule has 4 unspecified atom stereocenters. The van der Waals surface area contributed by atoms with Crippen molar-refractivity contribution in [1.29, 1.82) is 0 Å². The van der Waals surface area contributed by atoms with E-state index >= 15 is 0 Å². The van der Waals surface area contributed by atoms with Gasteiger partial charge >= 0.3 is 19.5 Å². The molecule has 0 heterocycles. The van der Waals surface area contributed by atoms with Gasteiger partial charge in [-0.15, -0.1) is 4.52 Å². The van der Waals surface area contributed by atoms with Crippen molar-refractivity contribution in [3.8, 4) is 0 Å². The molecule has 4 atom stereocenters. The van der Waals surface area contributed by atoms with Gasteiger partial charge in [0.15, 0.2) is 0 Å². The second-order valence-electron chi connectivity index (χ2n) is 11.7. The first kappa shape index (κ1) is 40.0. The van der Waals surface area contributed by atoms with Gasteiger partial charge < -0.3 is 9.84 Å². The number of carbonyl (C=O) groups is 1. The van der Waals surface area contributed by atoms with Crippen molar-refractivity contribution >= 4 is 25.8 Å². The van der Waals surface area contributed by atoms with Crippen LogP contribution < -0.4 is 0 Å². The minimum absolute atomic E-state index is 0.0505. The van der Waals surface area contributed by atoms with Gasteiger partial charge in [0.1, 0.15) is 13.2 Å². The fraction of sp³-hybridized carbons (Fsp3) is 0.800. The highest BCUT2D eigenvalue weighted by atomic mass is 32.2. The zero-order chi connectivity index (χ0) is 31.6. The Hall–Kier alpha value is -0.980. The molecule has 6 nitrogen and oxygen atoms in total. The molecule has 0 amide bonds. The third-order valence-electron chi connectivity index (χ3n) is 7.68. The van der Waals surface area contributed by atoms with E-state index in [1.54, 1.807) is 0 Å². The summed E-state index contributed by atoms with van der Waals surface area (Å²) in [5.41, 5.74) is -1.89. The van der Waals surface area contributed by atoms with Gasteiger partial charge in [0.05, 0.1) is 6.10 Å². The normalized spacial score (nSPS) is 14.7. The molecule has 1 aromatic carbocycles. The fourth-order valence-electron chi connectivity index (χ4n) is 4.98. The molecule has 0 fully saturated rings. The van der Waals surface area contributed by atoms with E-state index < -0.39 is 25.6 Å². The van der Waals surface area contributed by atoms with E-state index in [9.17, 15) is 14.5 Å². The zero-order valence-electron chi connectivity index (χ0n) is 27.7. The van der Waals surface area contributed by atoms with Crippen molar-refractivity contribution in [3.05, 3.63) is 35.9 Å². The Morgan fingerprint density at radius 2 is 1.35 bits per heavy atom. The summed E-state index contributed by atoms with van der Waals surface area (Å²) in [6.45, 7) is 8.31. The first-order valence-corrected chi connectivity index (χ1v) is 19.4. The minimum Gasteiger partial charge on any atom is -0.453 e. The zero-order valence-corrected chi connectivity index (χ0v) is 29.4. The monoisotopic (exact) mass is 641 g/mol. The molecule has 0 aliphatic carbocycles. The van der Waals surface area contributed by atoms with Crippen molar-refractivity contribution in [2.75, 3.05) is 12.4 Å². The van der Waals surface area contributed by atoms with Gasteiger partial charge in [0.2, 0.25) is 0 Å². The Bertz CT molecular complexity index is 826. The summed E-state index contributed by atoms with van der Waals surface area (Å²) in [6.07, 6.45) is 21.2. The fourth-order valence-corrected chi connectivity index (χ4v) is 7.31. The second kappa shape index (κ2) is 26.3. The number of thioether (sulfide) groups is 1. The van der Waals surface area contributed by atoms with Crippen LogP contribution in [0.5, 0.6) is 0 Å².